The van der Waals surface area contributed by atoms with Crippen molar-refractivity contribution >= 4 is 0 Å². The van der Waals surface area contributed by atoms with E-state index in [4.69, 9.17) is 0 Å². The van der Waals surface area contributed by atoms with Crippen LogP contribution in [0.3, 0.4) is 0 Å². The number of hydrogen-bond acceptors (Lipinski definition) is 0. The van der Waals surface area contributed by atoms with Crippen LogP contribution in [0.2, 0.25) is 0 Å². The molecule has 0 aliphatic heterocycles. The van der Waals surface area contributed by atoms with Crippen LogP contribution >= 0.6 is 0 Å². The molecule has 0 amide bonds. The first-order valence-electron chi connectivity index (χ1n) is 9.31. The first-order chi connectivity index (χ1) is 9.31. The molecule has 3 saturated carbocycles. The molecule has 20 heavy (non-hydrogen) atoms. The van der Waals surface area contributed by atoms with E-state index in [-0.39, 0.29) is 0 Å². The van der Waals surface area contributed by atoms with E-state index < -0.39 is 0 Å². The van der Waals surface area contributed by atoms with Crippen LogP contribution in [-0.2, 0) is 0 Å². The lowest BCUT2D eigenvalue weighted by Crippen LogP contribution is -2.34. The van der Waals surface area contributed by atoms with Crippen molar-refractivity contribution in [1.82, 2.24) is 0 Å². The summed E-state index contributed by atoms with van der Waals surface area (Å²) in [5.41, 5.74) is 1.99. The van der Waals surface area contributed by atoms with Crippen LogP contribution in [0.15, 0.2) is 0 Å². The predicted octanol–water partition coefficient (Wildman–Crippen LogP) is 6.45. The Labute approximate surface area is 127 Å². The van der Waals surface area contributed by atoms with Gasteiger partial charge in [-0.2, -0.15) is 0 Å². The van der Waals surface area contributed by atoms with Crippen molar-refractivity contribution in [2.45, 2.75) is 92.4 Å². The lowest BCUT2D eigenvalue weighted by molar-refractivity contribution is 0.0743. The molecule has 3 unspecified atom stereocenters. The Kier molecular flexibility index (Phi) is 3.54. The van der Waals surface area contributed by atoms with E-state index in [2.05, 4.69) is 34.6 Å². The molecule has 0 heterocycles. The van der Waals surface area contributed by atoms with Gasteiger partial charge in [-0.05, 0) is 72.5 Å². The highest BCUT2D eigenvalue weighted by Crippen LogP contribution is 2.68. The molecule has 0 nitrogen and oxygen atoms in total. The summed E-state index contributed by atoms with van der Waals surface area (Å²) in [5.74, 6) is 3.08. The summed E-state index contributed by atoms with van der Waals surface area (Å²) >= 11 is 0. The standard InChI is InChI=1S/C20H36/c1-6-18(3,4)17(14-19(5)13-15(19)2)20(11-12-20)10-9-16-7-8-16/h15-17H,6-14H2,1-5H3. The van der Waals surface area contributed by atoms with E-state index in [9.17, 15) is 0 Å². The Morgan fingerprint density at radius 3 is 2.20 bits per heavy atom. The first-order valence-corrected chi connectivity index (χ1v) is 9.31. The average molecular weight is 277 g/mol. The molecule has 3 atom stereocenters. The Morgan fingerprint density at radius 2 is 1.80 bits per heavy atom. The van der Waals surface area contributed by atoms with Gasteiger partial charge in [0.1, 0.15) is 0 Å². The molecule has 3 rings (SSSR count). The van der Waals surface area contributed by atoms with Gasteiger partial charge in [0.15, 0.2) is 0 Å². The number of hydrogen-bond donors (Lipinski definition) is 0. The summed E-state index contributed by atoms with van der Waals surface area (Å²) in [5, 5.41) is 0. The van der Waals surface area contributed by atoms with E-state index in [0.29, 0.717) is 10.8 Å². The summed E-state index contributed by atoms with van der Waals surface area (Å²) in [6, 6.07) is 0. The zero-order valence-corrected chi connectivity index (χ0v) is 14.6. The second-order valence-electron chi connectivity index (χ2n) is 9.70. The zero-order valence-electron chi connectivity index (χ0n) is 14.6. The summed E-state index contributed by atoms with van der Waals surface area (Å²) in [7, 11) is 0. The molecular formula is C20H36. The summed E-state index contributed by atoms with van der Waals surface area (Å²) < 4.78 is 0. The van der Waals surface area contributed by atoms with Crippen LogP contribution in [-0.4, -0.2) is 0 Å². The monoisotopic (exact) mass is 276 g/mol. The van der Waals surface area contributed by atoms with Gasteiger partial charge in [-0.1, -0.05) is 53.9 Å². The van der Waals surface area contributed by atoms with Gasteiger partial charge in [0.2, 0.25) is 0 Å². The van der Waals surface area contributed by atoms with Gasteiger partial charge in [0.05, 0.1) is 0 Å². The topological polar surface area (TPSA) is 0 Å². The fourth-order valence-corrected chi connectivity index (χ4v) is 4.79. The van der Waals surface area contributed by atoms with Gasteiger partial charge in [-0.3, -0.25) is 0 Å². The minimum Gasteiger partial charge on any atom is -0.0649 e. The molecule has 0 aromatic carbocycles. The molecule has 0 aromatic rings. The van der Waals surface area contributed by atoms with Crippen molar-refractivity contribution in [3.63, 3.8) is 0 Å². The Bertz CT molecular complexity index is 358. The van der Waals surface area contributed by atoms with Crippen LogP contribution in [0.5, 0.6) is 0 Å². The van der Waals surface area contributed by atoms with Crippen molar-refractivity contribution < 1.29 is 0 Å². The highest BCUT2D eigenvalue weighted by atomic mass is 14.6. The van der Waals surface area contributed by atoms with Crippen molar-refractivity contribution in [1.29, 1.82) is 0 Å². The molecule has 0 N–H and O–H groups in total. The van der Waals surface area contributed by atoms with Crippen LogP contribution in [0.4, 0.5) is 0 Å². The van der Waals surface area contributed by atoms with Gasteiger partial charge < -0.3 is 0 Å². The normalized spacial score (nSPS) is 36.8. The minimum absolute atomic E-state index is 0.547. The lowest BCUT2D eigenvalue weighted by Gasteiger charge is -2.42. The predicted molar refractivity (Wildman–Crippen MR) is 87.7 cm³/mol. The maximum atomic E-state index is 2.56. The molecule has 0 aromatic heterocycles. The SMILES string of the molecule is CCC(C)(C)C(CC1(C)CC1C)C1(CCC2CC2)CC1. The third kappa shape index (κ3) is 2.81. The maximum absolute atomic E-state index is 2.56. The smallest absolute Gasteiger partial charge is 0.0263 e. The highest BCUT2D eigenvalue weighted by molar-refractivity contribution is 5.08. The van der Waals surface area contributed by atoms with Crippen LogP contribution < -0.4 is 0 Å². The van der Waals surface area contributed by atoms with Gasteiger partial charge in [0.25, 0.3) is 0 Å². The molecule has 116 valence electrons. The van der Waals surface area contributed by atoms with Gasteiger partial charge in [-0.25, -0.2) is 0 Å². The Hall–Kier alpha value is 0. The van der Waals surface area contributed by atoms with E-state index in [1.54, 1.807) is 12.8 Å². The molecule has 0 heteroatoms. The lowest BCUT2D eigenvalue weighted by atomic mass is 9.63. The fourth-order valence-electron chi connectivity index (χ4n) is 4.79. The summed E-state index contributed by atoms with van der Waals surface area (Å²) in [4.78, 5) is 0. The molecule has 0 radical (unpaired) electrons. The summed E-state index contributed by atoms with van der Waals surface area (Å²) in [6.07, 6.45) is 13.6. The molecule has 3 aliphatic rings. The fraction of sp³-hybridized carbons (Fsp3) is 1.00. The van der Waals surface area contributed by atoms with E-state index in [0.717, 1.165) is 23.2 Å². The van der Waals surface area contributed by atoms with Crippen molar-refractivity contribution in [3.05, 3.63) is 0 Å². The van der Waals surface area contributed by atoms with Crippen molar-refractivity contribution in [3.8, 4) is 0 Å². The van der Waals surface area contributed by atoms with Crippen molar-refractivity contribution in [2.75, 3.05) is 0 Å². The molecule has 0 spiro atoms. The highest BCUT2D eigenvalue weighted by Gasteiger charge is 2.58. The number of rotatable bonds is 8. The largest absolute Gasteiger partial charge is 0.0649 e. The van der Waals surface area contributed by atoms with E-state index >= 15 is 0 Å². The average Bonchev–Trinajstić information content (AvgIpc) is 3.26. The summed E-state index contributed by atoms with van der Waals surface area (Å²) in [6.45, 7) is 12.6. The molecule has 3 aliphatic carbocycles. The van der Waals surface area contributed by atoms with E-state index in [1.165, 1.54) is 44.9 Å². The minimum atomic E-state index is 0.547. The van der Waals surface area contributed by atoms with Gasteiger partial charge in [0, 0.05) is 0 Å². The van der Waals surface area contributed by atoms with Gasteiger partial charge >= 0.3 is 0 Å². The van der Waals surface area contributed by atoms with Crippen molar-refractivity contribution in [2.24, 2.45) is 34.0 Å². The van der Waals surface area contributed by atoms with Crippen LogP contribution in [0.25, 0.3) is 0 Å². The maximum Gasteiger partial charge on any atom is -0.0263 e. The van der Waals surface area contributed by atoms with Gasteiger partial charge in [-0.15, -0.1) is 0 Å². The third-order valence-corrected chi connectivity index (χ3v) is 7.71. The van der Waals surface area contributed by atoms with E-state index in [1.807, 2.05) is 0 Å². The van der Waals surface area contributed by atoms with Crippen LogP contribution in [0, 0.1) is 34.0 Å². The quantitative estimate of drug-likeness (QED) is 0.478. The molecule has 0 bridgehead atoms. The van der Waals surface area contributed by atoms with Crippen LogP contribution in [0.1, 0.15) is 92.4 Å². The molecule has 0 saturated heterocycles. The molecular weight excluding hydrogens is 240 g/mol. The first kappa shape index (κ1) is 14.9. The molecule has 3 fully saturated rings. The Balaban J connectivity index is 1.70. The Morgan fingerprint density at radius 1 is 1.20 bits per heavy atom. The third-order valence-electron chi connectivity index (χ3n) is 7.71. The zero-order chi connectivity index (χ0) is 14.6. The second-order valence-corrected chi connectivity index (χ2v) is 9.70. The second kappa shape index (κ2) is 4.75.